The molecule has 1 fully saturated rings. The second-order valence-corrected chi connectivity index (χ2v) is 10.8. The minimum absolute atomic E-state index is 0.00169. The van der Waals surface area contributed by atoms with Gasteiger partial charge in [-0.3, -0.25) is 0 Å². The minimum atomic E-state index is -3.45. The summed E-state index contributed by atoms with van der Waals surface area (Å²) in [7, 11) is -3.45. The van der Waals surface area contributed by atoms with Crippen LogP contribution in [-0.4, -0.2) is 23.8 Å². The van der Waals surface area contributed by atoms with Crippen LogP contribution >= 0.6 is 7.79 Å². The first kappa shape index (κ1) is 20.5. The molecular weight excluding hydrogens is 398 g/mol. The number of nitrogens with zero attached hydrogens (tertiary/aromatic N) is 2. The van der Waals surface area contributed by atoms with E-state index in [9.17, 15) is 14.1 Å². The summed E-state index contributed by atoms with van der Waals surface area (Å²) in [5.41, 5.74) is 2.21. The number of anilines is 2. The molecule has 1 N–H and O–H groups in total. The zero-order valence-electron chi connectivity index (χ0n) is 16.9. The first-order valence-corrected chi connectivity index (χ1v) is 12.0. The predicted octanol–water partition coefficient (Wildman–Crippen LogP) is 5.36. The molecular formula is C24H26FN2O2P. The number of halogens is 1. The van der Waals surface area contributed by atoms with Crippen LogP contribution in [0.1, 0.15) is 24.6 Å². The fourth-order valence-electron chi connectivity index (χ4n) is 4.37. The zero-order valence-corrected chi connectivity index (χ0v) is 17.9. The van der Waals surface area contributed by atoms with Crippen molar-refractivity contribution in [3.63, 3.8) is 0 Å². The molecule has 30 heavy (non-hydrogen) atoms. The Kier molecular flexibility index (Phi) is 5.85. The van der Waals surface area contributed by atoms with Crippen LogP contribution in [0, 0.1) is 5.82 Å². The molecule has 1 saturated heterocycles. The van der Waals surface area contributed by atoms with E-state index in [-0.39, 0.29) is 18.0 Å². The summed E-state index contributed by atoms with van der Waals surface area (Å²) in [6.45, 7) is 2.84. The van der Waals surface area contributed by atoms with Crippen LogP contribution in [0.25, 0.3) is 0 Å². The Balaban J connectivity index is 1.88. The van der Waals surface area contributed by atoms with Gasteiger partial charge in [-0.2, -0.15) is 0 Å². The van der Waals surface area contributed by atoms with Gasteiger partial charge in [0.25, 0.3) is 0 Å². The first-order chi connectivity index (χ1) is 14.5. The average molecular weight is 424 g/mol. The number of rotatable bonds is 6. The topological polar surface area (TPSA) is 43.8 Å². The van der Waals surface area contributed by atoms with Crippen molar-refractivity contribution in [2.24, 2.45) is 0 Å². The summed E-state index contributed by atoms with van der Waals surface area (Å²) in [6.07, 6.45) is 0.195. The summed E-state index contributed by atoms with van der Waals surface area (Å²) in [4.78, 5) is 24.8. The van der Waals surface area contributed by atoms with E-state index in [2.05, 4.69) is 9.34 Å². The molecule has 4 nitrogen and oxygen atoms in total. The van der Waals surface area contributed by atoms with E-state index in [1.54, 1.807) is 19.1 Å². The third-order valence-corrected chi connectivity index (χ3v) is 9.73. The molecule has 1 aliphatic rings. The summed E-state index contributed by atoms with van der Waals surface area (Å²) in [6, 6.07) is 25.8. The summed E-state index contributed by atoms with van der Waals surface area (Å²) in [5, 5.41) is 0. The van der Waals surface area contributed by atoms with Crippen molar-refractivity contribution < 1.29 is 14.1 Å². The number of carbonyl (C=O) groups is 1. The van der Waals surface area contributed by atoms with Crippen molar-refractivity contribution in [2.75, 3.05) is 22.4 Å². The Bertz CT molecular complexity index is 951. The Morgan fingerprint density at radius 2 is 1.37 bits per heavy atom. The molecule has 1 atom stereocenters. The number of para-hydroxylation sites is 2. The number of ketones is 1. The van der Waals surface area contributed by atoms with Gasteiger partial charge in [0.2, 0.25) is 0 Å². The van der Waals surface area contributed by atoms with E-state index in [1.165, 1.54) is 12.1 Å². The van der Waals surface area contributed by atoms with Crippen LogP contribution < -0.4 is 9.34 Å². The molecule has 156 valence electrons. The van der Waals surface area contributed by atoms with Crippen LogP contribution in [-0.2, 0) is 4.79 Å². The Hall–Kier alpha value is -2.75. The summed E-state index contributed by atoms with van der Waals surface area (Å²) >= 11 is 0. The van der Waals surface area contributed by atoms with Crippen molar-refractivity contribution in [3.8, 4) is 0 Å². The van der Waals surface area contributed by atoms with E-state index in [1.807, 2.05) is 60.7 Å². The van der Waals surface area contributed by atoms with Gasteiger partial charge < -0.3 is 0 Å². The van der Waals surface area contributed by atoms with Gasteiger partial charge in [-0.1, -0.05) is 0 Å². The summed E-state index contributed by atoms with van der Waals surface area (Å²) < 4.78 is 17.8. The molecule has 1 unspecified atom stereocenters. The van der Waals surface area contributed by atoms with Gasteiger partial charge in [0.15, 0.2) is 0 Å². The Morgan fingerprint density at radius 3 is 1.80 bits per heavy atom. The fourth-order valence-corrected chi connectivity index (χ4v) is 8.53. The van der Waals surface area contributed by atoms with Crippen LogP contribution in [0.2, 0.25) is 0 Å². The fraction of sp³-hybridized carbons (Fsp3) is 0.208. The quantitative estimate of drug-likeness (QED) is 0.541. The zero-order chi connectivity index (χ0) is 21.1. The Morgan fingerprint density at radius 1 is 0.900 bits per heavy atom. The molecule has 1 aliphatic heterocycles. The molecule has 6 heteroatoms. The van der Waals surface area contributed by atoms with E-state index in [0.717, 1.165) is 16.9 Å². The maximum absolute atomic E-state index is 13.6. The molecule has 1 heterocycles. The van der Waals surface area contributed by atoms with Gasteiger partial charge in [-0.15, -0.1) is 0 Å². The molecule has 4 rings (SSSR count). The molecule has 3 aromatic carbocycles. The molecule has 0 spiro atoms. The number of carbonyl (C=O) groups excluding carboxylic acids is 1. The van der Waals surface area contributed by atoms with Gasteiger partial charge in [0.1, 0.15) is 0 Å². The van der Waals surface area contributed by atoms with Gasteiger partial charge in [0.05, 0.1) is 0 Å². The van der Waals surface area contributed by atoms with Gasteiger partial charge in [-0.25, -0.2) is 0 Å². The van der Waals surface area contributed by atoms with Gasteiger partial charge in [-0.05, 0) is 0 Å². The molecule has 3 aromatic rings. The average Bonchev–Trinajstić information content (AvgIpc) is 3.12. The van der Waals surface area contributed by atoms with E-state index >= 15 is 0 Å². The molecule has 0 saturated carbocycles. The third kappa shape index (κ3) is 3.83. The number of Topliss-reactive ketones (excluding diaryl/α,β-unsaturated/α-hetero) is 1. The number of benzene rings is 3. The summed E-state index contributed by atoms with van der Waals surface area (Å²) in [5.74, 6) is -0.335. The van der Waals surface area contributed by atoms with Crippen LogP contribution in [0.5, 0.6) is 0 Å². The van der Waals surface area contributed by atoms with Crippen molar-refractivity contribution in [3.05, 3.63) is 96.3 Å². The SMILES string of the molecule is CC(=O)CC(c1ccc(F)cc1)[PH]1(O)N(c2ccccc2)CCN1c1ccccc1. The van der Waals surface area contributed by atoms with Crippen molar-refractivity contribution in [2.45, 2.75) is 19.0 Å². The van der Waals surface area contributed by atoms with Crippen molar-refractivity contribution in [1.29, 1.82) is 0 Å². The van der Waals surface area contributed by atoms with Gasteiger partial charge >= 0.3 is 177 Å². The van der Waals surface area contributed by atoms with E-state index in [4.69, 9.17) is 0 Å². The van der Waals surface area contributed by atoms with Crippen LogP contribution in [0.3, 0.4) is 0 Å². The molecule has 0 aromatic heterocycles. The van der Waals surface area contributed by atoms with Crippen molar-refractivity contribution in [1.82, 2.24) is 0 Å². The maximum atomic E-state index is 13.6. The normalized spacial score (nSPS) is 17.6. The Labute approximate surface area is 177 Å². The van der Waals surface area contributed by atoms with Gasteiger partial charge in [0, 0.05) is 0 Å². The second-order valence-electron chi connectivity index (χ2n) is 7.67. The first-order valence-electron chi connectivity index (χ1n) is 10.1. The molecule has 0 amide bonds. The van der Waals surface area contributed by atoms with E-state index < -0.39 is 13.4 Å². The van der Waals surface area contributed by atoms with Crippen LogP contribution in [0.15, 0.2) is 84.9 Å². The molecule has 0 aliphatic carbocycles. The van der Waals surface area contributed by atoms with Crippen molar-refractivity contribution >= 4 is 24.9 Å². The number of hydrogen-bond donors (Lipinski definition) is 1. The molecule has 0 bridgehead atoms. The van der Waals surface area contributed by atoms with E-state index in [0.29, 0.717) is 13.1 Å². The molecule has 0 radical (unpaired) electrons. The third-order valence-electron chi connectivity index (χ3n) is 5.71. The predicted molar refractivity (Wildman–Crippen MR) is 123 cm³/mol. The van der Waals surface area contributed by atoms with Crippen LogP contribution in [0.4, 0.5) is 15.8 Å². The standard InChI is InChI=1S/C24H26FN2O2P/c1-19(28)18-24(20-12-14-21(25)15-13-20)30(29)26(22-8-4-2-5-9-22)16-17-27(30)23-10-6-3-7-11-23/h2-15,24,29-30H,16-18H2,1H3. The monoisotopic (exact) mass is 424 g/mol. The second kappa shape index (κ2) is 8.55. The number of hydrogen-bond acceptors (Lipinski definition) is 4.